The Morgan fingerprint density at radius 2 is 1.90 bits per heavy atom. The van der Waals surface area contributed by atoms with Gasteiger partial charge in [0.25, 0.3) is 5.91 Å². The number of carbonyl (C=O) groups excluding carboxylic acids is 3. The molecule has 0 saturated heterocycles. The summed E-state index contributed by atoms with van der Waals surface area (Å²) in [6.45, 7) is 0. The molecule has 0 saturated carbocycles. The van der Waals surface area contributed by atoms with Crippen LogP contribution in [0.3, 0.4) is 0 Å². The molecule has 1 aromatic rings. The lowest BCUT2D eigenvalue weighted by molar-refractivity contribution is -0.142. The van der Waals surface area contributed by atoms with Crippen molar-refractivity contribution < 1.29 is 23.9 Å². The largest absolute Gasteiger partial charge is 0.467 e. The van der Waals surface area contributed by atoms with Crippen LogP contribution in [0.2, 0.25) is 0 Å². The van der Waals surface area contributed by atoms with Gasteiger partial charge in [-0.1, -0.05) is 6.07 Å². The maximum atomic E-state index is 12.1. The number of nitrogens with one attached hydrogen (secondary N) is 1. The van der Waals surface area contributed by atoms with Crippen molar-refractivity contribution >= 4 is 17.8 Å². The van der Waals surface area contributed by atoms with E-state index in [9.17, 15) is 14.4 Å². The van der Waals surface area contributed by atoms with E-state index >= 15 is 0 Å². The lowest BCUT2D eigenvalue weighted by Crippen LogP contribution is -2.41. The summed E-state index contributed by atoms with van der Waals surface area (Å²) in [6, 6.07) is 4.99. The predicted octanol–water partition coefficient (Wildman–Crippen LogP) is 0.768. The topological polar surface area (TPSA) is 81.7 Å². The van der Waals surface area contributed by atoms with Crippen LogP contribution in [0, 0.1) is 12.3 Å². The molecule has 1 atom stereocenters. The zero-order valence-corrected chi connectivity index (χ0v) is 11.7. The van der Waals surface area contributed by atoms with Gasteiger partial charge in [-0.05, 0) is 18.2 Å². The molecule has 6 nitrogen and oxygen atoms in total. The molecule has 0 radical (unpaired) electrons. The molecule has 0 bridgehead atoms. The molecule has 0 fully saturated rings. The highest BCUT2D eigenvalue weighted by atomic mass is 16.5. The van der Waals surface area contributed by atoms with Gasteiger partial charge >= 0.3 is 11.9 Å². The van der Waals surface area contributed by atoms with Crippen LogP contribution >= 0.6 is 0 Å². The molecule has 6 heteroatoms. The Morgan fingerprint density at radius 3 is 2.48 bits per heavy atom. The minimum absolute atomic E-state index is 0.00903. The number of hydrogen-bond donors (Lipinski definition) is 1. The third kappa shape index (κ3) is 4.35. The van der Waals surface area contributed by atoms with Gasteiger partial charge in [-0.15, -0.1) is 12.3 Å². The van der Waals surface area contributed by atoms with E-state index in [1.165, 1.54) is 38.5 Å². The van der Waals surface area contributed by atoms with E-state index in [1.54, 1.807) is 0 Å². The van der Waals surface area contributed by atoms with Crippen LogP contribution in [-0.2, 0) is 14.3 Å². The average Bonchev–Trinajstić information content (AvgIpc) is 2.52. The van der Waals surface area contributed by atoms with E-state index < -0.39 is 23.9 Å². The highest BCUT2D eigenvalue weighted by Crippen LogP contribution is 2.07. The average molecular weight is 289 g/mol. The van der Waals surface area contributed by atoms with Crippen molar-refractivity contribution in [2.45, 2.75) is 12.5 Å². The normalized spacial score (nSPS) is 10.9. The third-order valence-electron chi connectivity index (χ3n) is 2.66. The van der Waals surface area contributed by atoms with Crippen LogP contribution in [0.15, 0.2) is 24.3 Å². The van der Waals surface area contributed by atoms with Crippen LogP contribution < -0.4 is 5.32 Å². The molecule has 21 heavy (non-hydrogen) atoms. The molecule has 0 unspecified atom stereocenters. The van der Waals surface area contributed by atoms with E-state index in [4.69, 9.17) is 6.42 Å². The highest BCUT2D eigenvalue weighted by Gasteiger charge is 2.21. The van der Waals surface area contributed by atoms with Gasteiger partial charge in [0.1, 0.15) is 6.04 Å². The second-order valence-corrected chi connectivity index (χ2v) is 4.03. The zero-order chi connectivity index (χ0) is 15.8. The van der Waals surface area contributed by atoms with Crippen LogP contribution in [0.5, 0.6) is 0 Å². The van der Waals surface area contributed by atoms with Crippen LogP contribution in [0.4, 0.5) is 0 Å². The summed E-state index contributed by atoms with van der Waals surface area (Å²) in [4.78, 5) is 35.0. The first-order valence-electron chi connectivity index (χ1n) is 6.04. The molecule has 0 heterocycles. The smallest absolute Gasteiger partial charge is 0.337 e. The molecule has 0 aliphatic heterocycles. The maximum Gasteiger partial charge on any atom is 0.337 e. The summed E-state index contributed by atoms with van der Waals surface area (Å²) in [5, 5.41) is 2.46. The van der Waals surface area contributed by atoms with E-state index in [0.717, 1.165) is 0 Å². The molecule has 0 aromatic heterocycles. The van der Waals surface area contributed by atoms with E-state index in [1.807, 2.05) is 0 Å². The predicted molar refractivity (Wildman–Crippen MR) is 74.5 cm³/mol. The number of esters is 2. The first-order chi connectivity index (χ1) is 10.0. The molecule has 1 amide bonds. The van der Waals surface area contributed by atoms with Crippen LogP contribution in [0.1, 0.15) is 27.1 Å². The summed E-state index contributed by atoms with van der Waals surface area (Å²) in [5.41, 5.74) is 0.445. The summed E-state index contributed by atoms with van der Waals surface area (Å²) in [7, 11) is 2.45. The summed E-state index contributed by atoms with van der Waals surface area (Å²) < 4.78 is 9.13. The molecule has 1 rings (SSSR count). The van der Waals surface area contributed by atoms with Gasteiger partial charge in [-0.25, -0.2) is 9.59 Å². The van der Waals surface area contributed by atoms with Gasteiger partial charge in [0.05, 0.1) is 19.8 Å². The molecule has 1 aromatic carbocycles. The van der Waals surface area contributed by atoms with Crippen molar-refractivity contribution in [3.05, 3.63) is 35.4 Å². The zero-order valence-electron chi connectivity index (χ0n) is 11.7. The number of rotatable bonds is 5. The number of amides is 1. The lowest BCUT2D eigenvalue weighted by atomic mass is 10.1. The van der Waals surface area contributed by atoms with Gasteiger partial charge in [0.15, 0.2) is 0 Å². The van der Waals surface area contributed by atoms with E-state index in [-0.39, 0.29) is 17.5 Å². The molecule has 0 spiro atoms. The van der Waals surface area contributed by atoms with Crippen molar-refractivity contribution in [3.63, 3.8) is 0 Å². The molecule has 110 valence electrons. The Kier molecular flexibility index (Phi) is 5.96. The Labute approximate surface area is 122 Å². The number of ether oxygens (including phenoxy) is 2. The first kappa shape index (κ1) is 16.2. The van der Waals surface area contributed by atoms with Gasteiger partial charge in [0.2, 0.25) is 0 Å². The number of benzene rings is 1. The van der Waals surface area contributed by atoms with Gasteiger partial charge in [-0.3, -0.25) is 4.79 Å². The molecule has 1 N–H and O–H groups in total. The Balaban J connectivity index is 2.90. The minimum atomic E-state index is -0.936. The molecular formula is C15H15NO5. The van der Waals surface area contributed by atoms with Crippen LogP contribution in [0.25, 0.3) is 0 Å². The van der Waals surface area contributed by atoms with Gasteiger partial charge in [-0.2, -0.15) is 0 Å². The number of carbonyl (C=O) groups is 3. The SMILES string of the molecule is C#CC[C@@H](NC(=O)c1cccc(C(=O)OC)c1)C(=O)OC. The maximum absolute atomic E-state index is 12.1. The summed E-state index contributed by atoms with van der Waals surface area (Å²) in [5.74, 6) is 0.562. The molecule has 0 aliphatic carbocycles. The first-order valence-corrected chi connectivity index (χ1v) is 6.04. The third-order valence-corrected chi connectivity index (χ3v) is 2.66. The lowest BCUT2D eigenvalue weighted by Gasteiger charge is -2.14. The van der Waals surface area contributed by atoms with Gasteiger partial charge < -0.3 is 14.8 Å². The van der Waals surface area contributed by atoms with Crippen molar-refractivity contribution in [3.8, 4) is 12.3 Å². The monoisotopic (exact) mass is 289 g/mol. The summed E-state index contributed by atoms with van der Waals surface area (Å²) >= 11 is 0. The van der Waals surface area contributed by atoms with Crippen molar-refractivity contribution in [1.29, 1.82) is 0 Å². The Morgan fingerprint density at radius 1 is 1.24 bits per heavy atom. The van der Waals surface area contributed by atoms with Crippen molar-refractivity contribution in [1.82, 2.24) is 5.32 Å². The second-order valence-electron chi connectivity index (χ2n) is 4.03. The summed E-state index contributed by atoms with van der Waals surface area (Å²) in [6.07, 6.45) is 5.16. The van der Waals surface area contributed by atoms with Gasteiger partial charge in [0, 0.05) is 12.0 Å². The number of methoxy groups -OCH3 is 2. The quantitative estimate of drug-likeness (QED) is 0.639. The second kappa shape index (κ2) is 7.70. The fraction of sp³-hybridized carbons (Fsp3) is 0.267. The van der Waals surface area contributed by atoms with E-state index in [0.29, 0.717) is 0 Å². The molecular weight excluding hydrogens is 274 g/mol. The minimum Gasteiger partial charge on any atom is -0.467 e. The Hall–Kier alpha value is -2.81. The van der Waals surface area contributed by atoms with Crippen molar-refractivity contribution in [2.75, 3.05) is 14.2 Å². The highest BCUT2D eigenvalue weighted by molar-refractivity contribution is 5.99. The number of hydrogen-bond acceptors (Lipinski definition) is 5. The Bertz CT molecular complexity index is 588. The van der Waals surface area contributed by atoms with Crippen molar-refractivity contribution in [2.24, 2.45) is 0 Å². The standard InChI is InChI=1S/C15H15NO5/c1-4-6-12(15(19)21-3)16-13(17)10-7-5-8-11(9-10)14(18)20-2/h1,5,7-9,12H,6H2,2-3H3,(H,16,17)/t12-/m1/s1. The van der Waals surface area contributed by atoms with Crippen LogP contribution in [-0.4, -0.2) is 38.1 Å². The number of terminal acetylenes is 1. The fourth-order valence-electron chi connectivity index (χ4n) is 1.60. The van der Waals surface area contributed by atoms with E-state index in [2.05, 4.69) is 20.7 Å². The fourth-order valence-corrected chi connectivity index (χ4v) is 1.60. The molecule has 0 aliphatic rings.